The lowest BCUT2D eigenvalue weighted by Crippen LogP contribution is -2.57. The van der Waals surface area contributed by atoms with E-state index >= 15 is 0 Å². The Morgan fingerprint density at radius 3 is 2.15 bits per heavy atom. The summed E-state index contributed by atoms with van der Waals surface area (Å²) in [5, 5.41) is 0. The third-order valence-corrected chi connectivity index (χ3v) is 6.40. The number of hydrogen-bond acceptors (Lipinski definition) is 1. The van der Waals surface area contributed by atoms with E-state index < -0.39 is 0 Å². The van der Waals surface area contributed by atoms with Crippen molar-refractivity contribution >= 4 is 5.78 Å². The number of hydrogen-bond donors (Lipinski definition) is 0. The highest BCUT2D eigenvalue weighted by atomic mass is 16.1. The average Bonchev–Trinajstić information content (AvgIpc) is 2.22. The molecule has 4 aliphatic rings. The van der Waals surface area contributed by atoms with Gasteiger partial charge in [-0.15, -0.1) is 0 Å². The average molecular weight is 276 g/mol. The summed E-state index contributed by atoms with van der Waals surface area (Å²) >= 11 is 0. The van der Waals surface area contributed by atoms with Crippen LogP contribution in [0.4, 0.5) is 0 Å². The molecule has 2 unspecified atom stereocenters. The van der Waals surface area contributed by atoms with Crippen molar-refractivity contribution in [3.05, 3.63) is 0 Å². The first-order chi connectivity index (χ1) is 9.24. The molecule has 0 spiro atoms. The number of ketones is 1. The van der Waals surface area contributed by atoms with E-state index in [1.54, 1.807) is 0 Å². The lowest BCUT2D eigenvalue weighted by atomic mass is 9.39. The van der Waals surface area contributed by atoms with Crippen molar-refractivity contribution in [1.82, 2.24) is 0 Å². The highest BCUT2D eigenvalue weighted by Crippen LogP contribution is 2.69. The Kier molecular flexibility index (Phi) is 3.34. The van der Waals surface area contributed by atoms with Gasteiger partial charge in [-0.2, -0.15) is 0 Å². The third kappa shape index (κ3) is 2.46. The van der Waals surface area contributed by atoms with Crippen LogP contribution in [0.3, 0.4) is 0 Å². The van der Waals surface area contributed by atoms with Crippen LogP contribution in [0.25, 0.3) is 0 Å². The van der Waals surface area contributed by atoms with E-state index in [2.05, 4.69) is 27.7 Å². The SMILES string of the molecule is CC(C)CCCC(=O)C12CC3CC(C)(CC(C)(C3)C1)C2. The second kappa shape index (κ2) is 4.58. The van der Waals surface area contributed by atoms with Crippen LogP contribution < -0.4 is 0 Å². The van der Waals surface area contributed by atoms with Crippen LogP contribution in [-0.4, -0.2) is 5.78 Å². The van der Waals surface area contributed by atoms with Crippen molar-refractivity contribution in [2.45, 2.75) is 85.5 Å². The molecule has 0 radical (unpaired) electrons. The van der Waals surface area contributed by atoms with Crippen LogP contribution in [0.1, 0.15) is 85.5 Å². The van der Waals surface area contributed by atoms with Gasteiger partial charge in [-0.3, -0.25) is 4.79 Å². The van der Waals surface area contributed by atoms with Crippen molar-refractivity contribution in [3.63, 3.8) is 0 Å². The zero-order valence-corrected chi connectivity index (χ0v) is 13.9. The second-order valence-electron chi connectivity index (χ2n) is 9.62. The summed E-state index contributed by atoms with van der Waals surface area (Å²) in [6.45, 7) is 9.45. The largest absolute Gasteiger partial charge is 0.299 e. The van der Waals surface area contributed by atoms with Crippen LogP contribution in [-0.2, 0) is 4.79 Å². The Morgan fingerprint density at radius 2 is 1.65 bits per heavy atom. The second-order valence-corrected chi connectivity index (χ2v) is 9.62. The lowest BCUT2D eigenvalue weighted by Gasteiger charge is -2.64. The summed E-state index contributed by atoms with van der Waals surface area (Å²) in [5.41, 5.74) is 1.03. The van der Waals surface area contributed by atoms with Crippen molar-refractivity contribution in [1.29, 1.82) is 0 Å². The normalized spacial score (nSPS) is 46.1. The van der Waals surface area contributed by atoms with Gasteiger partial charge in [0.1, 0.15) is 5.78 Å². The van der Waals surface area contributed by atoms with Gasteiger partial charge in [0.05, 0.1) is 0 Å². The zero-order valence-electron chi connectivity index (χ0n) is 13.9. The minimum absolute atomic E-state index is 0.0832. The van der Waals surface area contributed by atoms with E-state index in [0.29, 0.717) is 16.6 Å². The Morgan fingerprint density at radius 1 is 1.05 bits per heavy atom. The zero-order chi connectivity index (χ0) is 14.6. The standard InChI is InChI=1S/C19H32O/c1-14(2)6-5-7-16(20)19-10-15-8-17(3,12-19)11-18(4,9-15)13-19/h14-15H,5-13H2,1-4H3. The van der Waals surface area contributed by atoms with Gasteiger partial charge in [-0.25, -0.2) is 0 Å². The van der Waals surface area contributed by atoms with Crippen molar-refractivity contribution in [3.8, 4) is 0 Å². The van der Waals surface area contributed by atoms with Gasteiger partial charge < -0.3 is 0 Å². The van der Waals surface area contributed by atoms with Gasteiger partial charge in [0.15, 0.2) is 0 Å². The summed E-state index contributed by atoms with van der Waals surface area (Å²) in [6.07, 6.45) is 10.9. The molecule has 1 nitrogen and oxygen atoms in total. The summed E-state index contributed by atoms with van der Waals surface area (Å²) in [5.74, 6) is 2.20. The van der Waals surface area contributed by atoms with Crippen molar-refractivity contribution in [2.75, 3.05) is 0 Å². The van der Waals surface area contributed by atoms with E-state index in [0.717, 1.165) is 24.7 Å². The summed E-state index contributed by atoms with van der Waals surface area (Å²) < 4.78 is 0. The molecule has 4 fully saturated rings. The molecule has 0 aromatic rings. The third-order valence-electron chi connectivity index (χ3n) is 6.40. The van der Waals surface area contributed by atoms with Crippen LogP contribution in [0, 0.1) is 28.1 Å². The molecular formula is C19H32O. The highest BCUT2D eigenvalue weighted by Gasteiger charge is 2.62. The molecule has 4 bridgehead atoms. The first-order valence-corrected chi connectivity index (χ1v) is 8.78. The number of Topliss-reactive ketones (excluding diaryl/α,β-unsaturated/α-hetero) is 1. The maximum absolute atomic E-state index is 13.0. The number of rotatable bonds is 5. The molecule has 4 aliphatic carbocycles. The van der Waals surface area contributed by atoms with Gasteiger partial charge in [0.2, 0.25) is 0 Å². The van der Waals surface area contributed by atoms with E-state index in [4.69, 9.17) is 0 Å². The van der Waals surface area contributed by atoms with Crippen molar-refractivity contribution in [2.24, 2.45) is 28.1 Å². The monoisotopic (exact) mass is 276 g/mol. The fourth-order valence-electron chi connectivity index (χ4n) is 6.69. The predicted molar refractivity (Wildman–Crippen MR) is 83.5 cm³/mol. The molecule has 0 amide bonds. The van der Waals surface area contributed by atoms with Gasteiger partial charge >= 0.3 is 0 Å². The summed E-state index contributed by atoms with van der Waals surface area (Å²) in [6, 6.07) is 0. The molecule has 0 aromatic heterocycles. The van der Waals surface area contributed by atoms with E-state index in [9.17, 15) is 4.79 Å². The number of carbonyl (C=O) groups excluding carboxylic acids is 1. The van der Waals surface area contributed by atoms with Crippen LogP contribution in [0.2, 0.25) is 0 Å². The summed E-state index contributed by atoms with van der Waals surface area (Å²) in [7, 11) is 0. The van der Waals surface area contributed by atoms with E-state index in [1.807, 2.05) is 0 Å². The summed E-state index contributed by atoms with van der Waals surface area (Å²) in [4.78, 5) is 13.0. The van der Waals surface area contributed by atoms with Gasteiger partial charge in [0, 0.05) is 11.8 Å². The molecular weight excluding hydrogens is 244 g/mol. The molecule has 0 saturated heterocycles. The molecule has 114 valence electrons. The lowest BCUT2D eigenvalue weighted by molar-refractivity contribution is -0.168. The Hall–Kier alpha value is -0.330. The smallest absolute Gasteiger partial charge is 0.139 e. The molecule has 20 heavy (non-hydrogen) atoms. The Bertz CT molecular complexity index is 390. The van der Waals surface area contributed by atoms with Gasteiger partial charge in [-0.1, -0.05) is 34.1 Å². The highest BCUT2D eigenvalue weighted by molar-refractivity contribution is 5.85. The van der Waals surface area contributed by atoms with E-state index in [-0.39, 0.29) is 5.41 Å². The molecule has 0 aromatic carbocycles. The first kappa shape index (κ1) is 14.6. The molecule has 2 atom stereocenters. The molecule has 4 rings (SSSR count). The molecule has 0 heterocycles. The van der Waals surface area contributed by atoms with E-state index in [1.165, 1.54) is 44.9 Å². The minimum Gasteiger partial charge on any atom is -0.299 e. The molecule has 0 aliphatic heterocycles. The van der Waals surface area contributed by atoms with Crippen molar-refractivity contribution < 1.29 is 4.79 Å². The minimum atomic E-state index is 0.0832. The fraction of sp³-hybridized carbons (Fsp3) is 0.947. The Balaban J connectivity index is 1.73. The maximum atomic E-state index is 13.0. The quantitative estimate of drug-likeness (QED) is 0.659. The molecule has 4 saturated carbocycles. The Labute approximate surface area is 124 Å². The molecule has 1 heteroatoms. The number of carbonyl (C=O) groups is 1. The predicted octanol–water partition coefficient (Wildman–Crippen LogP) is 5.38. The fourth-order valence-corrected chi connectivity index (χ4v) is 6.69. The first-order valence-electron chi connectivity index (χ1n) is 8.78. The van der Waals surface area contributed by atoms with Crippen LogP contribution >= 0.6 is 0 Å². The van der Waals surface area contributed by atoms with Gasteiger partial charge in [-0.05, 0) is 67.6 Å². The molecule has 0 N–H and O–H groups in total. The maximum Gasteiger partial charge on any atom is 0.139 e. The van der Waals surface area contributed by atoms with Crippen LogP contribution in [0.5, 0.6) is 0 Å². The topological polar surface area (TPSA) is 17.1 Å². The van der Waals surface area contributed by atoms with Gasteiger partial charge in [0.25, 0.3) is 0 Å². The van der Waals surface area contributed by atoms with Crippen LogP contribution in [0.15, 0.2) is 0 Å².